The van der Waals surface area contributed by atoms with Crippen LogP contribution in [0.1, 0.15) is 32.3 Å². The zero-order chi connectivity index (χ0) is 15.2. The summed E-state index contributed by atoms with van der Waals surface area (Å²) in [4.78, 5) is 15.8. The largest absolute Gasteiger partial charge is 0.471 e. The minimum absolute atomic E-state index is 0.334. The number of para-hydroxylation sites is 1. The zero-order valence-electron chi connectivity index (χ0n) is 12.3. The SMILES string of the molecule is CC(NC(=O)Nc1nccs1)Oc1ccccc1C(C)C. The second kappa shape index (κ2) is 7.08. The van der Waals surface area contributed by atoms with Crippen LogP contribution in [0.2, 0.25) is 0 Å². The summed E-state index contributed by atoms with van der Waals surface area (Å²) in [6.07, 6.45) is 1.20. The fraction of sp³-hybridized carbons (Fsp3) is 0.333. The number of anilines is 1. The number of benzene rings is 1. The van der Waals surface area contributed by atoms with Gasteiger partial charge in [0, 0.05) is 11.6 Å². The molecule has 0 aliphatic heterocycles. The van der Waals surface area contributed by atoms with Gasteiger partial charge in [-0.05, 0) is 24.5 Å². The van der Waals surface area contributed by atoms with Crippen molar-refractivity contribution in [2.45, 2.75) is 32.9 Å². The van der Waals surface area contributed by atoms with E-state index in [2.05, 4.69) is 29.5 Å². The van der Waals surface area contributed by atoms with Crippen LogP contribution in [-0.2, 0) is 0 Å². The molecule has 0 saturated carbocycles. The fourth-order valence-electron chi connectivity index (χ4n) is 1.89. The highest BCUT2D eigenvalue weighted by Gasteiger charge is 2.13. The molecule has 1 aromatic heterocycles. The third-order valence-corrected chi connectivity index (χ3v) is 3.52. The van der Waals surface area contributed by atoms with Gasteiger partial charge in [0.05, 0.1) is 0 Å². The molecule has 0 saturated heterocycles. The molecular weight excluding hydrogens is 286 g/mol. The van der Waals surface area contributed by atoms with Crippen LogP contribution in [0.3, 0.4) is 0 Å². The quantitative estimate of drug-likeness (QED) is 0.826. The predicted molar refractivity (Wildman–Crippen MR) is 84.9 cm³/mol. The number of hydrogen-bond acceptors (Lipinski definition) is 4. The molecule has 2 amide bonds. The monoisotopic (exact) mass is 305 g/mol. The van der Waals surface area contributed by atoms with E-state index in [0.29, 0.717) is 11.0 Å². The number of aromatic nitrogens is 1. The number of ether oxygens (including phenoxy) is 1. The number of rotatable bonds is 5. The van der Waals surface area contributed by atoms with Crippen LogP contribution < -0.4 is 15.4 Å². The molecule has 2 rings (SSSR count). The number of amides is 2. The lowest BCUT2D eigenvalue weighted by Crippen LogP contribution is -2.39. The number of urea groups is 1. The molecule has 1 unspecified atom stereocenters. The summed E-state index contributed by atoms with van der Waals surface area (Å²) in [5, 5.41) is 7.74. The molecular formula is C15H19N3O2S. The summed E-state index contributed by atoms with van der Waals surface area (Å²) in [7, 11) is 0. The number of nitrogens with zero attached hydrogens (tertiary/aromatic N) is 1. The zero-order valence-corrected chi connectivity index (χ0v) is 13.1. The van der Waals surface area contributed by atoms with Gasteiger partial charge in [-0.25, -0.2) is 9.78 Å². The van der Waals surface area contributed by atoms with E-state index in [1.807, 2.05) is 24.3 Å². The van der Waals surface area contributed by atoms with Gasteiger partial charge in [0.2, 0.25) is 0 Å². The van der Waals surface area contributed by atoms with Crippen molar-refractivity contribution in [2.75, 3.05) is 5.32 Å². The first-order valence-electron chi connectivity index (χ1n) is 6.79. The Morgan fingerprint density at radius 3 is 2.71 bits per heavy atom. The van der Waals surface area contributed by atoms with E-state index in [0.717, 1.165) is 11.3 Å². The summed E-state index contributed by atoms with van der Waals surface area (Å²) < 4.78 is 5.81. The first-order valence-corrected chi connectivity index (χ1v) is 7.67. The maximum Gasteiger partial charge on any atom is 0.323 e. The molecule has 112 valence electrons. The Bertz CT molecular complexity index is 584. The van der Waals surface area contributed by atoms with Gasteiger partial charge in [0.15, 0.2) is 11.4 Å². The minimum atomic E-state index is -0.440. The number of nitrogens with one attached hydrogen (secondary N) is 2. The van der Waals surface area contributed by atoms with Gasteiger partial charge in [-0.15, -0.1) is 11.3 Å². The van der Waals surface area contributed by atoms with Crippen molar-refractivity contribution in [3.05, 3.63) is 41.4 Å². The Labute approximate surface area is 128 Å². The van der Waals surface area contributed by atoms with Crippen LogP contribution in [0.25, 0.3) is 0 Å². The highest BCUT2D eigenvalue weighted by molar-refractivity contribution is 7.13. The van der Waals surface area contributed by atoms with Crippen LogP contribution in [-0.4, -0.2) is 17.2 Å². The maximum atomic E-state index is 11.8. The predicted octanol–water partition coefficient (Wildman–Crippen LogP) is 3.81. The normalized spacial score (nSPS) is 12.0. The molecule has 1 aromatic carbocycles. The van der Waals surface area contributed by atoms with Gasteiger partial charge in [-0.2, -0.15) is 0 Å². The van der Waals surface area contributed by atoms with Gasteiger partial charge in [-0.1, -0.05) is 32.0 Å². The van der Waals surface area contributed by atoms with Crippen molar-refractivity contribution in [3.8, 4) is 5.75 Å². The summed E-state index contributed by atoms with van der Waals surface area (Å²) in [5.74, 6) is 1.15. The van der Waals surface area contributed by atoms with E-state index in [1.54, 1.807) is 18.5 Å². The summed E-state index contributed by atoms with van der Waals surface area (Å²) in [6, 6.07) is 7.51. The van der Waals surface area contributed by atoms with Crippen molar-refractivity contribution in [1.82, 2.24) is 10.3 Å². The molecule has 5 nitrogen and oxygen atoms in total. The van der Waals surface area contributed by atoms with E-state index < -0.39 is 6.23 Å². The Balaban J connectivity index is 1.92. The lowest BCUT2D eigenvalue weighted by molar-refractivity contribution is 0.181. The topological polar surface area (TPSA) is 63.2 Å². The van der Waals surface area contributed by atoms with E-state index >= 15 is 0 Å². The molecule has 0 bridgehead atoms. The van der Waals surface area contributed by atoms with Crippen molar-refractivity contribution in [1.29, 1.82) is 0 Å². The molecule has 0 spiro atoms. The highest BCUT2D eigenvalue weighted by atomic mass is 32.1. The fourth-order valence-corrected chi connectivity index (χ4v) is 2.41. The Morgan fingerprint density at radius 1 is 1.29 bits per heavy atom. The molecule has 6 heteroatoms. The lowest BCUT2D eigenvalue weighted by atomic mass is 10.0. The van der Waals surface area contributed by atoms with Gasteiger partial charge in [-0.3, -0.25) is 5.32 Å². The van der Waals surface area contributed by atoms with Gasteiger partial charge in [0.1, 0.15) is 5.75 Å². The van der Waals surface area contributed by atoms with E-state index in [-0.39, 0.29) is 6.03 Å². The number of thiazole rings is 1. The molecule has 0 aliphatic carbocycles. The average molecular weight is 305 g/mol. The van der Waals surface area contributed by atoms with Gasteiger partial charge < -0.3 is 10.1 Å². The van der Waals surface area contributed by atoms with Gasteiger partial charge in [0.25, 0.3) is 0 Å². The summed E-state index contributed by atoms with van der Waals surface area (Å²) in [5.41, 5.74) is 1.12. The van der Waals surface area contributed by atoms with E-state index in [1.165, 1.54) is 11.3 Å². The molecule has 1 atom stereocenters. The Hall–Kier alpha value is -2.08. The first kappa shape index (κ1) is 15.3. The molecule has 0 fully saturated rings. The molecule has 0 aliphatic rings. The number of carbonyl (C=O) groups excluding carboxylic acids is 1. The summed E-state index contributed by atoms with van der Waals surface area (Å²) in [6.45, 7) is 6.00. The van der Waals surface area contributed by atoms with Crippen LogP contribution in [0.5, 0.6) is 5.75 Å². The summed E-state index contributed by atoms with van der Waals surface area (Å²) >= 11 is 1.36. The third-order valence-electron chi connectivity index (χ3n) is 2.83. The van der Waals surface area contributed by atoms with Crippen LogP contribution in [0, 0.1) is 0 Å². The van der Waals surface area contributed by atoms with E-state index in [4.69, 9.17) is 4.74 Å². The molecule has 0 radical (unpaired) electrons. The number of hydrogen-bond donors (Lipinski definition) is 2. The smallest absolute Gasteiger partial charge is 0.323 e. The van der Waals surface area contributed by atoms with Crippen molar-refractivity contribution in [3.63, 3.8) is 0 Å². The van der Waals surface area contributed by atoms with Crippen molar-refractivity contribution < 1.29 is 9.53 Å². The van der Waals surface area contributed by atoms with Gasteiger partial charge >= 0.3 is 6.03 Å². The van der Waals surface area contributed by atoms with Crippen LogP contribution >= 0.6 is 11.3 Å². The molecule has 21 heavy (non-hydrogen) atoms. The van der Waals surface area contributed by atoms with Crippen molar-refractivity contribution >= 4 is 22.5 Å². The first-order chi connectivity index (χ1) is 10.1. The lowest BCUT2D eigenvalue weighted by Gasteiger charge is -2.19. The minimum Gasteiger partial charge on any atom is -0.471 e. The second-order valence-corrected chi connectivity index (χ2v) is 5.78. The Morgan fingerprint density at radius 2 is 2.05 bits per heavy atom. The maximum absolute atomic E-state index is 11.8. The molecule has 2 aromatic rings. The van der Waals surface area contributed by atoms with Crippen LogP contribution in [0.15, 0.2) is 35.8 Å². The highest BCUT2D eigenvalue weighted by Crippen LogP contribution is 2.26. The van der Waals surface area contributed by atoms with Crippen LogP contribution in [0.4, 0.5) is 9.93 Å². The number of carbonyl (C=O) groups is 1. The third kappa shape index (κ3) is 4.46. The van der Waals surface area contributed by atoms with Crippen molar-refractivity contribution in [2.24, 2.45) is 0 Å². The second-order valence-electron chi connectivity index (χ2n) is 4.89. The molecule has 1 heterocycles. The standard InChI is InChI=1S/C15H19N3O2S/c1-10(2)12-6-4-5-7-13(12)20-11(3)17-14(19)18-15-16-8-9-21-15/h4-11H,1-3H3,(H2,16,17,18,19). The molecule has 2 N–H and O–H groups in total. The van der Waals surface area contributed by atoms with E-state index in [9.17, 15) is 4.79 Å². The Kier molecular flexibility index (Phi) is 5.16. The average Bonchev–Trinajstić information content (AvgIpc) is 2.91.